The number of likely N-dealkylation sites (tertiary alicyclic amines) is 1. The minimum Gasteiger partial charge on any atom is -0.497 e. The average molecular weight is 374 g/mol. The molecule has 1 unspecified atom stereocenters. The highest BCUT2D eigenvalue weighted by Gasteiger charge is 2.34. The number of methoxy groups -OCH3 is 1. The van der Waals surface area contributed by atoms with E-state index in [0.29, 0.717) is 19.0 Å². The molecular formula is C20H20F2N2O3. The number of hydrogen-bond acceptors (Lipinski definition) is 3. The van der Waals surface area contributed by atoms with Crippen molar-refractivity contribution in [1.82, 2.24) is 4.90 Å². The Labute approximate surface area is 155 Å². The molecule has 27 heavy (non-hydrogen) atoms. The van der Waals surface area contributed by atoms with Crippen LogP contribution in [0.3, 0.4) is 0 Å². The van der Waals surface area contributed by atoms with E-state index < -0.39 is 23.5 Å². The van der Waals surface area contributed by atoms with Crippen molar-refractivity contribution < 1.29 is 23.1 Å². The van der Waals surface area contributed by atoms with E-state index in [4.69, 9.17) is 4.74 Å². The smallest absolute Gasteiger partial charge is 0.229 e. The van der Waals surface area contributed by atoms with Crippen molar-refractivity contribution in [3.63, 3.8) is 0 Å². The molecule has 2 aromatic rings. The Bertz CT molecular complexity index is 857. The van der Waals surface area contributed by atoms with Crippen LogP contribution in [0.15, 0.2) is 42.5 Å². The van der Waals surface area contributed by atoms with E-state index >= 15 is 0 Å². The summed E-state index contributed by atoms with van der Waals surface area (Å²) in [6, 6.07) is 10.5. The van der Waals surface area contributed by atoms with Gasteiger partial charge in [0.25, 0.3) is 0 Å². The summed E-state index contributed by atoms with van der Waals surface area (Å²) in [5, 5.41) is 2.43. The lowest BCUT2D eigenvalue weighted by molar-refractivity contribution is -0.128. The van der Waals surface area contributed by atoms with Gasteiger partial charge in [-0.2, -0.15) is 0 Å². The zero-order chi connectivity index (χ0) is 19.4. The fourth-order valence-corrected chi connectivity index (χ4v) is 3.08. The number of nitrogens with zero attached hydrogens (tertiary/aromatic N) is 1. The zero-order valence-electron chi connectivity index (χ0n) is 14.9. The van der Waals surface area contributed by atoms with Gasteiger partial charge in [0.15, 0.2) is 0 Å². The molecule has 0 aromatic heterocycles. The van der Waals surface area contributed by atoms with Crippen LogP contribution in [0.2, 0.25) is 0 Å². The molecule has 2 amide bonds. The van der Waals surface area contributed by atoms with Gasteiger partial charge in [0.05, 0.1) is 18.7 Å². The lowest BCUT2D eigenvalue weighted by Crippen LogP contribution is -2.30. The zero-order valence-corrected chi connectivity index (χ0v) is 14.9. The van der Waals surface area contributed by atoms with Gasteiger partial charge in [-0.25, -0.2) is 8.78 Å². The molecule has 0 spiro atoms. The second kappa shape index (κ2) is 8.16. The van der Waals surface area contributed by atoms with Gasteiger partial charge in [0.1, 0.15) is 17.4 Å². The Hall–Kier alpha value is -2.96. The Morgan fingerprint density at radius 1 is 1.26 bits per heavy atom. The first-order valence-corrected chi connectivity index (χ1v) is 8.63. The Kier molecular flexibility index (Phi) is 5.69. The normalized spacial score (nSPS) is 16.5. The number of amides is 2. The van der Waals surface area contributed by atoms with Crippen molar-refractivity contribution >= 4 is 17.5 Å². The Morgan fingerprint density at radius 3 is 2.81 bits per heavy atom. The highest BCUT2D eigenvalue weighted by Crippen LogP contribution is 2.22. The van der Waals surface area contributed by atoms with E-state index in [1.54, 1.807) is 12.0 Å². The van der Waals surface area contributed by atoms with Crippen molar-refractivity contribution in [3.8, 4) is 5.75 Å². The van der Waals surface area contributed by atoms with Crippen LogP contribution in [-0.2, 0) is 16.0 Å². The van der Waals surface area contributed by atoms with Gasteiger partial charge in [0.2, 0.25) is 11.8 Å². The van der Waals surface area contributed by atoms with E-state index in [1.165, 1.54) is 6.07 Å². The molecule has 1 aliphatic rings. The Morgan fingerprint density at radius 2 is 2.07 bits per heavy atom. The second-order valence-electron chi connectivity index (χ2n) is 6.46. The van der Waals surface area contributed by atoms with Gasteiger partial charge in [-0.3, -0.25) is 9.59 Å². The first kappa shape index (κ1) is 18.8. The number of benzene rings is 2. The van der Waals surface area contributed by atoms with Crippen molar-refractivity contribution in [2.45, 2.75) is 12.8 Å². The van der Waals surface area contributed by atoms with Crippen LogP contribution in [0, 0.1) is 17.6 Å². The first-order chi connectivity index (χ1) is 13.0. The van der Waals surface area contributed by atoms with Gasteiger partial charge >= 0.3 is 0 Å². The van der Waals surface area contributed by atoms with Crippen molar-refractivity contribution in [2.75, 3.05) is 25.5 Å². The van der Waals surface area contributed by atoms with Crippen LogP contribution in [0.4, 0.5) is 14.5 Å². The number of hydrogen-bond donors (Lipinski definition) is 1. The van der Waals surface area contributed by atoms with Crippen LogP contribution in [0.1, 0.15) is 12.0 Å². The van der Waals surface area contributed by atoms with E-state index in [9.17, 15) is 18.4 Å². The molecule has 7 heteroatoms. The molecule has 1 saturated heterocycles. The highest BCUT2D eigenvalue weighted by atomic mass is 19.1. The molecule has 0 aliphatic carbocycles. The second-order valence-corrected chi connectivity index (χ2v) is 6.46. The predicted molar refractivity (Wildman–Crippen MR) is 96.4 cm³/mol. The number of nitrogens with one attached hydrogen (secondary N) is 1. The molecule has 0 radical (unpaired) electrons. The quantitative estimate of drug-likeness (QED) is 0.846. The van der Waals surface area contributed by atoms with Crippen LogP contribution in [0.5, 0.6) is 5.75 Å². The third-order valence-electron chi connectivity index (χ3n) is 4.58. The van der Waals surface area contributed by atoms with Gasteiger partial charge < -0.3 is 15.0 Å². The third kappa shape index (κ3) is 4.61. The van der Waals surface area contributed by atoms with Gasteiger partial charge in [-0.05, 0) is 36.2 Å². The summed E-state index contributed by atoms with van der Waals surface area (Å²) in [5.74, 6) is -1.94. The summed E-state index contributed by atoms with van der Waals surface area (Å²) < 4.78 is 31.8. The summed E-state index contributed by atoms with van der Waals surface area (Å²) in [4.78, 5) is 26.2. The van der Waals surface area contributed by atoms with Gasteiger partial charge in [-0.1, -0.05) is 12.1 Å². The fraction of sp³-hybridized carbons (Fsp3) is 0.300. The largest absolute Gasteiger partial charge is 0.497 e. The minimum atomic E-state index is -0.845. The van der Waals surface area contributed by atoms with Crippen LogP contribution < -0.4 is 10.1 Å². The Balaban J connectivity index is 1.57. The summed E-state index contributed by atoms with van der Waals surface area (Å²) in [7, 11) is 1.59. The fourth-order valence-electron chi connectivity index (χ4n) is 3.08. The molecule has 3 rings (SSSR count). The first-order valence-electron chi connectivity index (χ1n) is 8.63. The lowest BCUT2D eigenvalue weighted by Gasteiger charge is -2.17. The topological polar surface area (TPSA) is 58.6 Å². The maximum Gasteiger partial charge on any atom is 0.229 e. The third-order valence-corrected chi connectivity index (χ3v) is 4.58. The summed E-state index contributed by atoms with van der Waals surface area (Å²) >= 11 is 0. The van der Waals surface area contributed by atoms with Crippen LogP contribution in [-0.4, -0.2) is 36.9 Å². The van der Waals surface area contributed by atoms with E-state index in [0.717, 1.165) is 17.4 Å². The summed E-state index contributed by atoms with van der Waals surface area (Å²) in [6.45, 7) is 0.762. The molecule has 1 N–H and O–H groups in total. The molecule has 5 nitrogen and oxygen atoms in total. The molecule has 1 atom stereocenters. The number of halogens is 2. The standard InChI is InChI=1S/C20H20F2N2O3/c1-27-16-4-2-3-13(9-16)7-8-24-12-14(10-19(24)25)20(26)23-18-6-5-15(21)11-17(18)22/h2-6,9,11,14H,7-8,10,12H2,1H3,(H,23,26). The lowest BCUT2D eigenvalue weighted by atomic mass is 10.1. The van der Waals surface area contributed by atoms with Crippen molar-refractivity contribution in [1.29, 1.82) is 0 Å². The van der Waals surface area contributed by atoms with Gasteiger partial charge in [-0.15, -0.1) is 0 Å². The van der Waals surface area contributed by atoms with E-state index in [-0.39, 0.29) is 24.6 Å². The molecule has 1 heterocycles. The molecule has 142 valence electrons. The molecule has 0 saturated carbocycles. The number of ether oxygens (including phenoxy) is 1. The van der Waals surface area contributed by atoms with Crippen LogP contribution >= 0.6 is 0 Å². The molecule has 2 aromatic carbocycles. The van der Waals surface area contributed by atoms with E-state index in [2.05, 4.69) is 5.32 Å². The van der Waals surface area contributed by atoms with E-state index in [1.807, 2.05) is 24.3 Å². The maximum absolute atomic E-state index is 13.7. The molecule has 1 fully saturated rings. The summed E-state index contributed by atoms with van der Waals surface area (Å²) in [5.41, 5.74) is 0.937. The number of rotatable bonds is 6. The van der Waals surface area contributed by atoms with Crippen LogP contribution in [0.25, 0.3) is 0 Å². The number of carbonyl (C=O) groups is 2. The summed E-state index contributed by atoms with van der Waals surface area (Å²) in [6.07, 6.45) is 0.719. The van der Waals surface area contributed by atoms with Crippen molar-refractivity contribution in [2.24, 2.45) is 5.92 Å². The molecule has 1 aliphatic heterocycles. The highest BCUT2D eigenvalue weighted by molar-refractivity contribution is 5.97. The minimum absolute atomic E-state index is 0.0761. The maximum atomic E-state index is 13.7. The monoisotopic (exact) mass is 374 g/mol. The molecular weight excluding hydrogens is 354 g/mol. The van der Waals surface area contributed by atoms with Gasteiger partial charge in [0, 0.05) is 25.6 Å². The average Bonchev–Trinajstić information content (AvgIpc) is 3.03. The van der Waals surface area contributed by atoms with Crippen molar-refractivity contribution in [3.05, 3.63) is 59.7 Å². The number of carbonyl (C=O) groups excluding carboxylic acids is 2. The SMILES string of the molecule is COc1cccc(CCN2CC(C(=O)Nc3ccc(F)cc3F)CC2=O)c1. The predicted octanol–water partition coefficient (Wildman–Crippen LogP) is 3.00. The number of anilines is 1. The molecule has 0 bridgehead atoms.